The van der Waals surface area contributed by atoms with E-state index in [-0.39, 0.29) is 5.91 Å². The normalized spacial score (nSPS) is 30.1. The van der Waals surface area contributed by atoms with Gasteiger partial charge in [0, 0.05) is 19.1 Å². The molecule has 1 heterocycles. The Balaban J connectivity index is 2.48. The predicted molar refractivity (Wildman–Crippen MR) is 53.5 cm³/mol. The first-order valence-corrected chi connectivity index (χ1v) is 5.11. The van der Waals surface area contributed by atoms with E-state index in [0.717, 1.165) is 0 Å². The molecule has 3 heteroatoms. The van der Waals surface area contributed by atoms with Crippen molar-refractivity contribution >= 4 is 5.91 Å². The molecule has 2 atom stereocenters. The van der Waals surface area contributed by atoms with E-state index in [4.69, 9.17) is 0 Å². The third-order valence-corrected chi connectivity index (χ3v) is 2.98. The first kappa shape index (κ1) is 10.5. The first-order valence-electron chi connectivity index (χ1n) is 5.11. The van der Waals surface area contributed by atoms with E-state index in [0.29, 0.717) is 18.6 Å². The molecular formula is C10H20N2O. The molecule has 1 fully saturated rings. The summed E-state index contributed by atoms with van der Waals surface area (Å²) < 4.78 is 0. The number of hydrogen-bond donors (Lipinski definition) is 1. The van der Waals surface area contributed by atoms with Gasteiger partial charge in [-0.3, -0.25) is 9.69 Å². The van der Waals surface area contributed by atoms with Crippen LogP contribution in [-0.4, -0.2) is 36.5 Å². The molecule has 2 unspecified atom stereocenters. The fourth-order valence-electron chi connectivity index (χ4n) is 2.03. The van der Waals surface area contributed by atoms with Crippen molar-refractivity contribution in [1.82, 2.24) is 10.2 Å². The van der Waals surface area contributed by atoms with Crippen LogP contribution >= 0.6 is 0 Å². The highest BCUT2D eigenvalue weighted by atomic mass is 16.1. The van der Waals surface area contributed by atoms with E-state index in [1.807, 2.05) is 0 Å². The van der Waals surface area contributed by atoms with E-state index >= 15 is 0 Å². The smallest absolute Gasteiger partial charge is 0.233 e. The van der Waals surface area contributed by atoms with Crippen molar-refractivity contribution < 1.29 is 4.79 Å². The molecule has 0 aromatic heterocycles. The fourth-order valence-corrected chi connectivity index (χ4v) is 2.03. The van der Waals surface area contributed by atoms with Crippen molar-refractivity contribution in [2.75, 3.05) is 13.6 Å². The zero-order valence-electron chi connectivity index (χ0n) is 8.84. The average Bonchev–Trinajstić information content (AvgIpc) is 2.11. The van der Waals surface area contributed by atoms with Crippen molar-refractivity contribution in [2.45, 2.75) is 45.2 Å². The Labute approximate surface area is 80.5 Å². The second-order valence-corrected chi connectivity index (χ2v) is 3.97. The zero-order chi connectivity index (χ0) is 9.84. The third kappa shape index (κ3) is 2.69. The Hall–Kier alpha value is -0.570. The highest BCUT2D eigenvalue weighted by Gasteiger charge is 2.25. The highest BCUT2D eigenvalue weighted by Crippen LogP contribution is 2.21. The molecule has 0 radical (unpaired) electrons. The van der Waals surface area contributed by atoms with E-state index in [1.54, 1.807) is 7.05 Å². The minimum atomic E-state index is 0.126. The van der Waals surface area contributed by atoms with Gasteiger partial charge in [-0.1, -0.05) is 6.42 Å². The van der Waals surface area contributed by atoms with Gasteiger partial charge in [0.2, 0.25) is 5.91 Å². The van der Waals surface area contributed by atoms with Crippen LogP contribution in [0, 0.1) is 0 Å². The van der Waals surface area contributed by atoms with Gasteiger partial charge in [-0.25, -0.2) is 0 Å². The molecule has 0 bridgehead atoms. The van der Waals surface area contributed by atoms with Crippen LogP contribution < -0.4 is 5.32 Å². The van der Waals surface area contributed by atoms with Crippen molar-refractivity contribution in [3.05, 3.63) is 0 Å². The van der Waals surface area contributed by atoms with Crippen LogP contribution in [0.3, 0.4) is 0 Å². The minimum absolute atomic E-state index is 0.126. The lowest BCUT2D eigenvalue weighted by Crippen LogP contribution is -2.48. The molecule has 3 nitrogen and oxygen atoms in total. The summed E-state index contributed by atoms with van der Waals surface area (Å²) in [5.74, 6) is 0.126. The van der Waals surface area contributed by atoms with Gasteiger partial charge in [-0.2, -0.15) is 0 Å². The molecule has 13 heavy (non-hydrogen) atoms. The number of amides is 1. The maximum Gasteiger partial charge on any atom is 0.233 e. The molecule has 0 aromatic carbocycles. The maximum atomic E-state index is 11.2. The Bertz CT molecular complexity index is 172. The molecule has 1 N–H and O–H groups in total. The van der Waals surface area contributed by atoms with Crippen LogP contribution in [0.25, 0.3) is 0 Å². The second kappa shape index (κ2) is 4.61. The Morgan fingerprint density at radius 1 is 1.38 bits per heavy atom. The summed E-state index contributed by atoms with van der Waals surface area (Å²) in [5, 5.41) is 2.67. The highest BCUT2D eigenvalue weighted by molar-refractivity contribution is 5.77. The van der Waals surface area contributed by atoms with Gasteiger partial charge in [0.25, 0.3) is 0 Å². The van der Waals surface area contributed by atoms with Crippen molar-refractivity contribution in [3.63, 3.8) is 0 Å². The van der Waals surface area contributed by atoms with Gasteiger partial charge in [0.15, 0.2) is 0 Å². The van der Waals surface area contributed by atoms with Crippen LogP contribution in [0.1, 0.15) is 33.1 Å². The molecule has 0 spiro atoms. The lowest BCUT2D eigenvalue weighted by Gasteiger charge is -2.38. The summed E-state index contributed by atoms with van der Waals surface area (Å²) >= 11 is 0. The predicted octanol–water partition coefficient (Wildman–Crippen LogP) is 0.995. The number of carbonyl (C=O) groups excluding carboxylic acids is 1. The Morgan fingerprint density at radius 3 is 2.38 bits per heavy atom. The minimum Gasteiger partial charge on any atom is -0.358 e. The summed E-state index contributed by atoms with van der Waals surface area (Å²) in [6, 6.07) is 1.11. The summed E-state index contributed by atoms with van der Waals surface area (Å²) in [6.45, 7) is 4.97. The second-order valence-electron chi connectivity index (χ2n) is 3.97. The van der Waals surface area contributed by atoms with Crippen LogP contribution in [0.5, 0.6) is 0 Å². The number of piperidine rings is 1. The SMILES string of the molecule is CNC(=O)CN1C(C)CCCC1C. The van der Waals surface area contributed by atoms with Crippen LogP contribution in [0.4, 0.5) is 0 Å². The zero-order valence-corrected chi connectivity index (χ0v) is 8.84. The summed E-state index contributed by atoms with van der Waals surface area (Å²) in [5.41, 5.74) is 0. The molecule has 1 rings (SSSR count). The number of carbonyl (C=O) groups is 1. The maximum absolute atomic E-state index is 11.2. The van der Waals surface area contributed by atoms with E-state index in [1.165, 1.54) is 19.3 Å². The number of likely N-dealkylation sites (N-methyl/N-ethyl adjacent to an activating group) is 1. The average molecular weight is 184 g/mol. The molecule has 0 saturated carbocycles. The number of nitrogens with zero attached hydrogens (tertiary/aromatic N) is 1. The summed E-state index contributed by atoms with van der Waals surface area (Å²) in [7, 11) is 1.70. The van der Waals surface area contributed by atoms with Gasteiger partial charge in [0.1, 0.15) is 0 Å². The molecule has 0 aromatic rings. The number of hydrogen-bond acceptors (Lipinski definition) is 2. The van der Waals surface area contributed by atoms with Crippen LogP contribution in [0.15, 0.2) is 0 Å². The Kier molecular flexibility index (Phi) is 3.72. The summed E-state index contributed by atoms with van der Waals surface area (Å²) in [6.07, 6.45) is 3.75. The number of rotatable bonds is 2. The van der Waals surface area contributed by atoms with Crippen LogP contribution in [-0.2, 0) is 4.79 Å². The van der Waals surface area contributed by atoms with Gasteiger partial charge < -0.3 is 5.32 Å². The first-order chi connectivity index (χ1) is 6.15. The van der Waals surface area contributed by atoms with Crippen molar-refractivity contribution in [2.24, 2.45) is 0 Å². The van der Waals surface area contributed by atoms with E-state index in [2.05, 4.69) is 24.1 Å². The van der Waals surface area contributed by atoms with Crippen LogP contribution in [0.2, 0.25) is 0 Å². The molecule has 1 aliphatic rings. The number of nitrogens with one attached hydrogen (secondary N) is 1. The monoisotopic (exact) mass is 184 g/mol. The lowest BCUT2D eigenvalue weighted by atomic mass is 9.97. The van der Waals surface area contributed by atoms with Gasteiger partial charge in [0.05, 0.1) is 6.54 Å². The largest absolute Gasteiger partial charge is 0.358 e. The molecule has 0 aliphatic carbocycles. The number of likely N-dealkylation sites (tertiary alicyclic amines) is 1. The van der Waals surface area contributed by atoms with Crippen molar-refractivity contribution in [1.29, 1.82) is 0 Å². The van der Waals surface area contributed by atoms with Gasteiger partial charge in [-0.15, -0.1) is 0 Å². The molecular weight excluding hydrogens is 164 g/mol. The van der Waals surface area contributed by atoms with Gasteiger partial charge >= 0.3 is 0 Å². The molecule has 1 aliphatic heterocycles. The lowest BCUT2D eigenvalue weighted by molar-refractivity contribution is -0.123. The standard InChI is InChI=1S/C10H20N2O/c1-8-5-4-6-9(2)12(8)7-10(13)11-3/h8-9H,4-7H2,1-3H3,(H,11,13). The Morgan fingerprint density at radius 2 is 1.92 bits per heavy atom. The molecule has 76 valence electrons. The molecule has 1 amide bonds. The van der Waals surface area contributed by atoms with Crippen molar-refractivity contribution in [3.8, 4) is 0 Å². The molecule has 1 saturated heterocycles. The summed E-state index contributed by atoms with van der Waals surface area (Å²) in [4.78, 5) is 13.5. The topological polar surface area (TPSA) is 32.3 Å². The quantitative estimate of drug-likeness (QED) is 0.694. The van der Waals surface area contributed by atoms with E-state index < -0.39 is 0 Å². The van der Waals surface area contributed by atoms with Gasteiger partial charge in [-0.05, 0) is 26.7 Å². The third-order valence-electron chi connectivity index (χ3n) is 2.98. The van der Waals surface area contributed by atoms with E-state index in [9.17, 15) is 4.79 Å². The fraction of sp³-hybridized carbons (Fsp3) is 0.900.